The quantitative estimate of drug-likeness (QED) is 0.545. The van der Waals surface area contributed by atoms with E-state index in [2.05, 4.69) is 6.58 Å². The van der Waals surface area contributed by atoms with Crippen LogP contribution in [-0.2, 0) is 9.53 Å². The van der Waals surface area contributed by atoms with E-state index in [0.29, 0.717) is 12.2 Å². The lowest BCUT2D eigenvalue weighted by Gasteiger charge is -2.04. The number of benzene rings is 1. The van der Waals surface area contributed by atoms with Crippen molar-refractivity contribution >= 4 is 11.5 Å². The van der Waals surface area contributed by atoms with Crippen LogP contribution in [0.25, 0.3) is 5.57 Å². The number of hydrogen-bond acceptors (Lipinski definition) is 2. The molecule has 0 spiro atoms. The molecule has 1 rings (SSSR count). The Morgan fingerprint density at radius 1 is 1.43 bits per heavy atom. The van der Waals surface area contributed by atoms with Crippen molar-refractivity contribution in [3.05, 3.63) is 42.2 Å². The first-order chi connectivity index (χ1) is 6.65. The highest BCUT2D eigenvalue weighted by Gasteiger charge is 2.09. The van der Waals surface area contributed by atoms with E-state index in [1.165, 1.54) is 24.3 Å². The van der Waals surface area contributed by atoms with Gasteiger partial charge >= 0.3 is 5.97 Å². The minimum Gasteiger partial charge on any atom is -0.462 e. The highest BCUT2D eigenvalue weighted by molar-refractivity contribution is 6.15. The molecule has 0 aromatic heterocycles. The molecule has 74 valence electrons. The normalized spacial score (nSPS) is 9.57. The van der Waals surface area contributed by atoms with Crippen LogP contribution in [0.2, 0.25) is 0 Å². The average molecular weight is 194 g/mol. The molecule has 0 fully saturated rings. The number of ether oxygens (including phenoxy) is 1. The van der Waals surface area contributed by atoms with Crippen molar-refractivity contribution in [1.82, 2.24) is 0 Å². The molecular formula is C11H11FO2. The first kappa shape index (κ1) is 10.4. The fourth-order valence-electron chi connectivity index (χ4n) is 0.987. The molecule has 0 aliphatic rings. The van der Waals surface area contributed by atoms with E-state index >= 15 is 0 Å². The molecule has 14 heavy (non-hydrogen) atoms. The predicted molar refractivity (Wildman–Crippen MR) is 52.1 cm³/mol. The summed E-state index contributed by atoms with van der Waals surface area (Å²) >= 11 is 0. The maximum absolute atomic E-state index is 12.6. The molecule has 0 radical (unpaired) electrons. The summed E-state index contributed by atoms with van der Waals surface area (Å²) in [6, 6.07) is 5.54. The minimum atomic E-state index is -0.473. The van der Waals surface area contributed by atoms with Crippen LogP contribution in [0.15, 0.2) is 30.8 Å². The Balaban J connectivity index is 2.79. The number of carbonyl (C=O) groups excluding carboxylic acids is 1. The third-order valence-electron chi connectivity index (χ3n) is 1.71. The molecule has 3 heteroatoms. The lowest BCUT2D eigenvalue weighted by Crippen LogP contribution is -2.05. The van der Waals surface area contributed by atoms with Crippen LogP contribution in [0.5, 0.6) is 0 Å². The van der Waals surface area contributed by atoms with Gasteiger partial charge in [0.25, 0.3) is 0 Å². The molecule has 1 aromatic carbocycles. The van der Waals surface area contributed by atoms with Crippen molar-refractivity contribution < 1.29 is 13.9 Å². The molecule has 0 amide bonds. The van der Waals surface area contributed by atoms with E-state index in [9.17, 15) is 9.18 Å². The first-order valence-corrected chi connectivity index (χ1v) is 4.27. The van der Waals surface area contributed by atoms with Gasteiger partial charge in [0.2, 0.25) is 0 Å². The fraction of sp³-hybridized carbons (Fsp3) is 0.182. The molecule has 0 unspecified atom stereocenters. The SMILES string of the molecule is C=C(C(=O)OCC)c1ccc(F)cc1. The second-order valence-corrected chi connectivity index (χ2v) is 2.71. The Morgan fingerprint density at radius 3 is 2.50 bits per heavy atom. The van der Waals surface area contributed by atoms with Crippen molar-refractivity contribution in [1.29, 1.82) is 0 Å². The van der Waals surface area contributed by atoms with E-state index < -0.39 is 5.97 Å². The summed E-state index contributed by atoms with van der Waals surface area (Å²) in [5.74, 6) is -0.815. The fourth-order valence-corrected chi connectivity index (χ4v) is 0.987. The summed E-state index contributed by atoms with van der Waals surface area (Å²) in [6.07, 6.45) is 0. The van der Waals surface area contributed by atoms with Gasteiger partial charge in [-0.05, 0) is 24.6 Å². The number of hydrogen-bond donors (Lipinski definition) is 0. The van der Waals surface area contributed by atoms with Gasteiger partial charge < -0.3 is 4.74 Å². The third kappa shape index (κ3) is 2.42. The van der Waals surface area contributed by atoms with Crippen LogP contribution >= 0.6 is 0 Å². The summed E-state index contributed by atoms with van der Waals surface area (Å²) in [5, 5.41) is 0. The lowest BCUT2D eigenvalue weighted by molar-refractivity contribution is -0.136. The smallest absolute Gasteiger partial charge is 0.338 e. The van der Waals surface area contributed by atoms with Crippen molar-refractivity contribution in [2.24, 2.45) is 0 Å². The van der Waals surface area contributed by atoms with Crippen LogP contribution in [-0.4, -0.2) is 12.6 Å². The molecule has 0 aliphatic carbocycles. The Labute approximate surface area is 82.0 Å². The first-order valence-electron chi connectivity index (χ1n) is 4.27. The number of rotatable bonds is 3. The van der Waals surface area contributed by atoms with Gasteiger partial charge in [0.05, 0.1) is 12.2 Å². The van der Waals surface area contributed by atoms with Crippen molar-refractivity contribution in [2.45, 2.75) is 6.92 Å². The molecule has 2 nitrogen and oxygen atoms in total. The molecule has 0 atom stereocenters. The Hall–Kier alpha value is -1.64. The zero-order valence-electron chi connectivity index (χ0n) is 7.92. The summed E-state index contributed by atoms with van der Waals surface area (Å²) < 4.78 is 17.3. The Morgan fingerprint density at radius 2 is 2.00 bits per heavy atom. The molecule has 0 saturated heterocycles. The lowest BCUT2D eigenvalue weighted by atomic mass is 10.1. The molecule has 0 saturated carbocycles. The second-order valence-electron chi connectivity index (χ2n) is 2.71. The summed E-state index contributed by atoms with van der Waals surface area (Å²) in [7, 11) is 0. The molecule has 1 aromatic rings. The Bertz CT molecular complexity index is 341. The molecule has 0 heterocycles. The van der Waals surface area contributed by atoms with Gasteiger partial charge in [-0.25, -0.2) is 9.18 Å². The van der Waals surface area contributed by atoms with E-state index in [1.807, 2.05) is 0 Å². The van der Waals surface area contributed by atoms with Crippen LogP contribution < -0.4 is 0 Å². The van der Waals surface area contributed by atoms with Gasteiger partial charge in [0.1, 0.15) is 5.82 Å². The standard InChI is InChI=1S/C11H11FO2/c1-3-14-11(13)8(2)9-4-6-10(12)7-5-9/h4-7H,2-3H2,1H3. The number of halogens is 1. The van der Waals surface area contributed by atoms with Crippen LogP contribution in [0.3, 0.4) is 0 Å². The topological polar surface area (TPSA) is 26.3 Å². The van der Waals surface area contributed by atoms with Crippen LogP contribution in [0.4, 0.5) is 4.39 Å². The Kier molecular flexibility index (Phi) is 3.40. The highest BCUT2D eigenvalue weighted by atomic mass is 19.1. The maximum atomic E-state index is 12.6. The van der Waals surface area contributed by atoms with Crippen molar-refractivity contribution in [2.75, 3.05) is 6.61 Å². The average Bonchev–Trinajstić information content (AvgIpc) is 2.18. The number of esters is 1. The largest absolute Gasteiger partial charge is 0.462 e. The third-order valence-corrected chi connectivity index (χ3v) is 1.71. The summed E-state index contributed by atoms with van der Waals surface area (Å²) in [5.41, 5.74) is 0.816. The molecule has 0 N–H and O–H groups in total. The van der Waals surface area contributed by atoms with Gasteiger partial charge in [-0.15, -0.1) is 0 Å². The van der Waals surface area contributed by atoms with Crippen molar-refractivity contribution in [3.8, 4) is 0 Å². The number of carbonyl (C=O) groups is 1. The minimum absolute atomic E-state index is 0.242. The summed E-state index contributed by atoms with van der Waals surface area (Å²) in [6.45, 7) is 5.60. The van der Waals surface area contributed by atoms with Gasteiger partial charge in [-0.3, -0.25) is 0 Å². The van der Waals surface area contributed by atoms with Gasteiger partial charge in [0, 0.05) is 0 Å². The van der Waals surface area contributed by atoms with Crippen LogP contribution in [0.1, 0.15) is 12.5 Å². The van der Waals surface area contributed by atoms with Gasteiger partial charge in [0.15, 0.2) is 0 Å². The highest BCUT2D eigenvalue weighted by Crippen LogP contribution is 2.14. The zero-order valence-corrected chi connectivity index (χ0v) is 7.92. The van der Waals surface area contributed by atoms with E-state index in [-0.39, 0.29) is 11.4 Å². The van der Waals surface area contributed by atoms with Gasteiger partial charge in [-0.2, -0.15) is 0 Å². The molecule has 0 aliphatic heterocycles. The molecular weight excluding hydrogens is 183 g/mol. The van der Waals surface area contributed by atoms with Crippen molar-refractivity contribution in [3.63, 3.8) is 0 Å². The van der Waals surface area contributed by atoms with E-state index in [1.54, 1.807) is 6.92 Å². The van der Waals surface area contributed by atoms with E-state index in [0.717, 1.165) is 0 Å². The second kappa shape index (κ2) is 4.56. The monoisotopic (exact) mass is 194 g/mol. The van der Waals surface area contributed by atoms with E-state index in [4.69, 9.17) is 4.74 Å². The predicted octanol–water partition coefficient (Wildman–Crippen LogP) is 2.40. The van der Waals surface area contributed by atoms with Crippen LogP contribution in [0, 0.1) is 5.82 Å². The maximum Gasteiger partial charge on any atom is 0.338 e. The van der Waals surface area contributed by atoms with Gasteiger partial charge in [-0.1, -0.05) is 18.7 Å². The zero-order chi connectivity index (χ0) is 10.6. The summed E-state index contributed by atoms with van der Waals surface area (Å²) in [4.78, 5) is 11.2. The molecule has 0 bridgehead atoms.